The van der Waals surface area contributed by atoms with Crippen molar-refractivity contribution in [2.75, 3.05) is 0 Å². The van der Waals surface area contributed by atoms with Gasteiger partial charge < -0.3 is 4.74 Å². The predicted molar refractivity (Wildman–Crippen MR) is 148 cm³/mol. The summed E-state index contributed by atoms with van der Waals surface area (Å²) in [6.07, 6.45) is 11.4. The SMILES string of the molecule is Cc1cc2c3ccc(Oc4ccc5c6cnccc6n6ccnc6c5c4)cc3c3nccn3c2cc1C. The Morgan fingerprint density at radius 3 is 1.89 bits per heavy atom. The van der Waals surface area contributed by atoms with Crippen molar-refractivity contribution in [3.63, 3.8) is 0 Å². The summed E-state index contributed by atoms with van der Waals surface area (Å²) in [7, 11) is 0. The molecule has 0 amide bonds. The third kappa shape index (κ3) is 2.84. The largest absolute Gasteiger partial charge is 0.457 e. The molecule has 3 aromatic carbocycles. The standard InChI is InChI=1S/C31H21N5O/c1-18-13-24-22-5-3-20(15-25(22)31-34-10-12-36(31)29(24)14-19(18)2)37-21-4-6-23-26(16-21)30-33-9-11-35(30)28-7-8-32-17-27(23)28/h3-17H,1-2H3. The molecule has 0 N–H and O–H groups in total. The van der Waals surface area contributed by atoms with Crippen LogP contribution < -0.4 is 4.74 Å². The van der Waals surface area contributed by atoms with Crippen molar-refractivity contribution in [2.24, 2.45) is 0 Å². The average molecular weight is 480 g/mol. The minimum atomic E-state index is 0.756. The van der Waals surface area contributed by atoms with E-state index >= 15 is 0 Å². The fraction of sp³-hybridized carbons (Fsp3) is 0.0645. The van der Waals surface area contributed by atoms with Crippen LogP contribution in [0.1, 0.15) is 11.1 Å². The normalized spacial score (nSPS) is 12.1. The van der Waals surface area contributed by atoms with E-state index in [1.165, 1.54) is 21.9 Å². The summed E-state index contributed by atoms with van der Waals surface area (Å²) in [5.41, 5.74) is 6.61. The first-order valence-corrected chi connectivity index (χ1v) is 12.3. The number of imidazole rings is 2. The molecule has 0 unspecified atom stereocenters. The lowest BCUT2D eigenvalue weighted by Crippen LogP contribution is -1.94. The van der Waals surface area contributed by atoms with Crippen LogP contribution in [0.4, 0.5) is 0 Å². The highest BCUT2D eigenvalue weighted by Gasteiger charge is 2.14. The van der Waals surface area contributed by atoms with Crippen LogP contribution in [-0.4, -0.2) is 23.8 Å². The second-order valence-corrected chi connectivity index (χ2v) is 9.60. The highest BCUT2D eigenvalue weighted by atomic mass is 16.5. The van der Waals surface area contributed by atoms with E-state index in [9.17, 15) is 0 Å². The number of benzene rings is 3. The predicted octanol–water partition coefficient (Wildman–Crippen LogP) is 7.40. The van der Waals surface area contributed by atoms with Gasteiger partial charge in [-0.05, 0) is 90.3 Å². The fourth-order valence-corrected chi connectivity index (χ4v) is 5.56. The van der Waals surface area contributed by atoms with Crippen molar-refractivity contribution in [2.45, 2.75) is 13.8 Å². The topological polar surface area (TPSA) is 56.7 Å². The van der Waals surface area contributed by atoms with Gasteiger partial charge in [0.1, 0.15) is 22.8 Å². The first kappa shape index (κ1) is 20.2. The van der Waals surface area contributed by atoms with Crippen LogP contribution in [0.15, 0.2) is 91.8 Å². The Morgan fingerprint density at radius 2 is 1.19 bits per heavy atom. The van der Waals surface area contributed by atoms with Gasteiger partial charge in [-0.1, -0.05) is 0 Å². The van der Waals surface area contributed by atoms with Crippen LogP contribution in [0.3, 0.4) is 0 Å². The van der Waals surface area contributed by atoms with E-state index in [0.29, 0.717) is 0 Å². The average Bonchev–Trinajstić information content (AvgIpc) is 3.61. The Bertz CT molecular complexity index is 2210. The molecule has 37 heavy (non-hydrogen) atoms. The molecule has 0 aliphatic heterocycles. The van der Waals surface area contributed by atoms with E-state index in [2.05, 4.69) is 74.0 Å². The second-order valence-electron chi connectivity index (χ2n) is 9.60. The Labute approximate surface area is 211 Å². The van der Waals surface area contributed by atoms with Gasteiger partial charge in [-0.3, -0.25) is 13.8 Å². The molecule has 176 valence electrons. The van der Waals surface area contributed by atoms with Crippen molar-refractivity contribution < 1.29 is 4.74 Å². The van der Waals surface area contributed by atoms with Gasteiger partial charge in [0.2, 0.25) is 0 Å². The third-order valence-corrected chi connectivity index (χ3v) is 7.49. The maximum atomic E-state index is 6.42. The van der Waals surface area contributed by atoms with Gasteiger partial charge in [-0.2, -0.15) is 0 Å². The summed E-state index contributed by atoms with van der Waals surface area (Å²) in [5, 5.41) is 6.65. The van der Waals surface area contributed by atoms with Gasteiger partial charge in [0.05, 0.1) is 11.0 Å². The highest BCUT2D eigenvalue weighted by Crippen LogP contribution is 2.36. The molecule has 0 saturated heterocycles. The van der Waals surface area contributed by atoms with Crippen molar-refractivity contribution in [1.29, 1.82) is 0 Å². The molecule has 0 saturated carbocycles. The molecule has 0 aliphatic carbocycles. The molecule has 8 rings (SSSR count). The first-order valence-electron chi connectivity index (χ1n) is 12.3. The Kier molecular flexibility index (Phi) is 3.98. The monoisotopic (exact) mass is 479 g/mol. The van der Waals surface area contributed by atoms with E-state index in [1.54, 1.807) is 0 Å². The number of pyridine rings is 3. The smallest absolute Gasteiger partial charge is 0.145 e. The van der Waals surface area contributed by atoms with Crippen LogP contribution in [0.25, 0.3) is 54.6 Å². The number of hydrogen-bond donors (Lipinski definition) is 0. The van der Waals surface area contributed by atoms with Crippen molar-refractivity contribution in [1.82, 2.24) is 23.8 Å². The first-order chi connectivity index (χ1) is 18.2. The van der Waals surface area contributed by atoms with Gasteiger partial charge in [0.15, 0.2) is 0 Å². The summed E-state index contributed by atoms with van der Waals surface area (Å²) < 4.78 is 10.7. The Balaban J connectivity index is 1.31. The van der Waals surface area contributed by atoms with Gasteiger partial charge in [0.25, 0.3) is 0 Å². The molecule has 0 radical (unpaired) electrons. The van der Waals surface area contributed by atoms with Crippen LogP contribution in [0, 0.1) is 13.8 Å². The van der Waals surface area contributed by atoms with Crippen LogP contribution in [0.5, 0.6) is 11.5 Å². The lowest BCUT2D eigenvalue weighted by atomic mass is 10.0. The molecule has 0 aliphatic rings. The van der Waals surface area contributed by atoms with Gasteiger partial charge in [-0.15, -0.1) is 0 Å². The maximum Gasteiger partial charge on any atom is 0.145 e. The molecular formula is C31H21N5O. The summed E-state index contributed by atoms with van der Waals surface area (Å²) in [6.45, 7) is 4.31. The zero-order valence-corrected chi connectivity index (χ0v) is 20.3. The molecule has 5 aromatic heterocycles. The van der Waals surface area contributed by atoms with Crippen LogP contribution in [0.2, 0.25) is 0 Å². The van der Waals surface area contributed by atoms with Crippen LogP contribution >= 0.6 is 0 Å². The Hall–Kier alpha value is -4.97. The number of fused-ring (bicyclic) bond motifs is 12. The van der Waals surface area contributed by atoms with Crippen molar-refractivity contribution in [3.05, 3.63) is 103 Å². The van der Waals surface area contributed by atoms with Gasteiger partial charge in [-0.25, -0.2) is 9.97 Å². The van der Waals surface area contributed by atoms with Crippen LogP contribution in [-0.2, 0) is 0 Å². The number of rotatable bonds is 2. The summed E-state index contributed by atoms with van der Waals surface area (Å²) >= 11 is 0. The van der Waals surface area contributed by atoms with E-state index in [4.69, 9.17) is 4.74 Å². The highest BCUT2D eigenvalue weighted by molar-refractivity contribution is 6.13. The molecule has 6 heteroatoms. The number of ether oxygens (including phenoxy) is 1. The number of hydrogen-bond acceptors (Lipinski definition) is 4. The summed E-state index contributed by atoms with van der Waals surface area (Å²) in [6, 6.07) is 19.0. The molecule has 8 aromatic rings. The summed E-state index contributed by atoms with van der Waals surface area (Å²) in [4.78, 5) is 13.7. The van der Waals surface area contributed by atoms with Gasteiger partial charge >= 0.3 is 0 Å². The van der Waals surface area contributed by atoms with E-state index < -0.39 is 0 Å². The summed E-state index contributed by atoms with van der Waals surface area (Å²) in [5.74, 6) is 1.52. The van der Waals surface area contributed by atoms with Crippen molar-refractivity contribution in [3.8, 4) is 11.5 Å². The minimum Gasteiger partial charge on any atom is -0.457 e. The number of aryl methyl sites for hydroxylation is 2. The molecule has 5 heterocycles. The maximum absolute atomic E-state index is 6.42. The van der Waals surface area contributed by atoms with Crippen molar-refractivity contribution >= 4 is 54.6 Å². The van der Waals surface area contributed by atoms with E-state index in [-0.39, 0.29) is 0 Å². The molecule has 0 atom stereocenters. The van der Waals surface area contributed by atoms with E-state index in [0.717, 1.165) is 55.4 Å². The number of aromatic nitrogens is 5. The third-order valence-electron chi connectivity index (χ3n) is 7.49. The molecular weight excluding hydrogens is 458 g/mol. The minimum absolute atomic E-state index is 0.756. The van der Waals surface area contributed by atoms with Gasteiger partial charge in [0, 0.05) is 58.7 Å². The zero-order chi connectivity index (χ0) is 24.7. The van der Waals surface area contributed by atoms with E-state index in [1.807, 2.05) is 55.4 Å². The lowest BCUT2D eigenvalue weighted by molar-refractivity contribution is 0.484. The Morgan fingerprint density at radius 1 is 0.568 bits per heavy atom. The molecule has 0 bridgehead atoms. The number of nitrogens with zero attached hydrogens (tertiary/aromatic N) is 5. The quantitative estimate of drug-likeness (QED) is 0.242. The zero-order valence-electron chi connectivity index (χ0n) is 20.3. The molecule has 0 fully saturated rings. The molecule has 0 spiro atoms. The second kappa shape index (κ2) is 7.27. The molecule has 6 nitrogen and oxygen atoms in total. The fourth-order valence-electron chi connectivity index (χ4n) is 5.56. The lowest BCUT2D eigenvalue weighted by Gasteiger charge is -2.13.